The Labute approximate surface area is 127 Å². The van der Waals surface area contributed by atoms with Gasteiger partial charge < -0.3 is 15.2 Å². The van der Waals surface area contributed by atoms with E-state index in [0.717, 1.165) is 17.7 Å². The van der Waals surface area contributed by atoms with Gasteiger partial charge in [-0.3, -0.25) is 4.79 Å². The van der Waals surface area contributed by atoms with Crippen LogP contribution in [0.25, 0.3) is 0 Å². The van der Waals surface area contributed by atoms with Crippen LogP contribution in [0, 0.1) is 0 Å². The molecular formula is C17H27NO3. The fraction of sp³-hybridized carbons (Fsp3) is 0.588. The second-order valence-electron chi connectivity index (χ2n) is 6.22. The van der Waals surface area contributed by atoms with Gasteiger partial charge in [-0.2, -0.15) is 0 Å². The van der Waals surface area contributed by atoms with Gasteiger partial charge in [0, 0.05) is 12.6 Å². The number of rotatable bonds is 7. The average Bonchev–Trinajstić information content (AvgIpc) is 2.44. The Morgan fingerprint density at radius 1 is 1.33 bits per heavy atom. The zero-order chi connectivity index (χ0) is 15.9. The molecule has 0 bridgehead atoms. The highest BCUT2D eigenvalue weighted by Gasteiger charge is 2.19. The molecule has 1 rings (SSSR count). The maximum absolute atomic E-state index is 11.9. The minimum atomic E-state index is -0.154. The standard InChI is InChI=1S/C17H27NO3/c1-5-13(10-11-19)18-16(20)12-21-15-9-7-6-8-14(15)17(2,3)4/h6-9,13,19H,5,10-12H2,1-4H3,(H,18,20). The molecule has 0 radical (unpaired) electrons. The van der Waals surface area contributed by atoms with Crippen molar-refractivity contribution in [2.75, 3.05) is 13.2 Å². The summed E-state index contributed by atoms with van der Waals surface area (Å²) in [7, 11) is 0. The molecule has 0 aromatic heterocycles. The Morgan fingerprint density at radius 2 is 2.00 bits per heavy atom. The number of amides is 1. The third-order valence-corrected chi connectivity index (χ3v) is 3.39. The molecule has 21 heavy (non-hydrogen) atoms. The van der Waals surface area contributed by atoms with E-state index in [1.807, 2.05) is 31.2 Å². The van der Waals surface area contributed by atoms with Crippen LogP contribution in [0.15, 0.2) is 24.3 Å². The second-order valence-corrected chi connectivity index (χ2v) is 6.22. The summed E-state index contributed by atoms with van der Waals surface area (Å²) in [6.07, 6.45) is 1.37. The molecule has 0 heterocycles. The summed E-state index contributed by atoms with van der Waals surface area (Å²) < 4.78 is 5.67. The van der Waals surface area contributed by atoms with Gasteiger partial charge in [0.1, 0.15) is 5.75 Å². The van der Waals surface area contributed by atoms with Crippen LogP contribution in [0.1, 0.15) is 46.1 Å². The summed E-state index contributed by atoms with van der Waals surface area (Å²) in [4.78, 5) is 11.9. The van der Waals surface area contributed by atoms with Gasteiger partial charge in [-0.05, 0) is 29.9 Å². The Bertz CT molecular complexity index is 452. The van der Waals surface area contributed by atoms with E-state index in [0.29, 0.717) is 6.42 Å². The van der Waals surface area contributed by atoms with Crippen LogP contribution in [0.4, 0.5) is 0 Å². The fourth-order valence-electron chi connectivity index (χ4n) is 2.16. The predicted octanol–water partition coefficient (Wildman–Crippen LogP) is 2.64. The summed E-state index contributed by atoms with van der Waals surface area (Å²) in [6, 6.07) is 7.79. The van der Waals surface area contributed by atoms with E-state index >= 15 is 0 Å². The van der Waals surface area contributed by atoms with Crippen molar-refractivity contribution in [1.82, 2.24) is 5.32 Å². The van der Waals surface area contributed by atoms with Crippen molar-refractivity contribution in [1.29, 1.82) is 0 Å². The molecule has 1 aromatic carbocycles. The van der Waals surface area contributed by atoms with Crippen molar-refractivity contribution in [3.63, 3.8) is 0 Å². The van der Waals surface area contributed by atoms with E-state index in [-0.39, 0.29) is 30.6 Å². The smallest absolute Gasteiger partial charge is 0.258 e. The molecule has 0 saturated heterocycles. The Hall–Kier alpha value is -1.55. The molecule has 4 heteroatoms. The van der Waals surface area contributed by atoms with Gasteiger partial charge in [-0.25, -0.2) is 0 Å². The molecule has 0 aliphatic rings. The molecule has 4 nitrogen and oxygen atoms in total. The average molecular weight is 293 g/mol. The van der Waals surface area contributed by atoms with Crippen LogP contribution < -0.4 is 10.1 Å². The van der Waals surface area contributed by atoms with Gasteiger partial charge in [-0.1, -0.05) is 45.9 Å². The van der Waals surface area contributed by atoms with E-state index in [1.165, 1.54) is 0 Å². The lowest BCUT2D eigenvalue weighted by atomic mass is 9.86. The molecule has 1 aromatic rings. The Balaban J connectivity index is 2.61. The number of carbonyl (C=O) groups is 1. The number of aliphatic hydroxyl groups excluding tert-OH is 1. The van der Waals surface area contributed by atoms with Crippen LogP contribution in [0.3, 0.4) is 0 Å². The quantitative estimate of drug-likeness (QED) is 0.812. The molecule has 2 N–H and O–H groups in total. The molecule has 1 unspecified atom stereocenters. The first-order valence-electron chi connectivity index (χ1n) is 7.51. The van der Waals surface area contributed by atoms with Gasteiger partial charge in [0.2, 0.25) is 0 Å². The molecular weight excluding hydrogens is 266 g/mol. The van der Waals surface area contributed by atoms with Crippen LogP contribution in [0.2, 0.25) is 0 Å². The predicted molar refractivity (Wildman–Crippen MR) is 84.6 cm³/mol. The maximum Gasteiger partial charge on any atom is 0.258 e. The largest absolute Gasteiger partial charge is 0.483 e. The number of para-hydroxylation sites is 1. The summed E-state index contributed by atoms with van der Waals surface area (Å²) >= 11 is 0. The van der Waals surface area contributed by atoms with Crippen molar-refractivity contribution < 1.29 is 14.6 Å². The van der Waals surface area contributed by atoms with Crippen LogP contribution in [-0.2, 0) is 10.2 Å². The van der Waals surface area contributed by atoms with Crippen molar-refractivity contribution in [3.05, 3.63) is 29.8 Å². The lowest BCUT2D eigenvalue weighted by molar-refractivity contribution is -0.123. The molecule has 1 atom stereocenters. The summed E-state index contributed by atoms with van der Waals surface area (Å²) in [5.74, 6) is 0.592. The molecule has 0 saturated carbocycles. The topological polar surface area (TPSA) is 58.6 Å². The van der Waals surface area contributed by atoms with Gasteiger partial charge in [0.05, 0.1) is 0 Å². The van der Waals surface area contributed by atoms with Crippen LogP contribution in [0.5, 0.6) is 5.75 Å². The van der Waals surface area contributed by atoms with Gasteiger partial charge in [0.25, 0.3) is 5.91 Å². The van der Waals surface area contributed by atoms with E-state index in [9.17, 15) is 4.79 Å². The van der Waals surface area contributed by atoms with E-state index in [1.54, 1.807) is 0 Å². The number of ether oxygens (including phenoxy) is 1. The number of aliphatic hydroxyl groups is 1. The summed E-state index contributed by atoms with van der Waals surface area (Å²) in [6.45, 7) is 8.40. The summed E-state index contributed by atoms with van der Waals surface area (Å²) in [5, 5.41) is 11.8. The first-order chi connectivity index (χ1) is 9.88. The molecule has 0 aliphatic heterocycles. The highest BCUT2D eigenvalue weighted by atomic mass is 16.5. The third kappa shape index (κ3) is 5.76. The number of nitrogens with one attached hydrogen (secondary N) is 1. The molecule has 1 amide bonds. The Morgan fingerprint density at radius 3 is 2.57 bits per heavy atom. The lowest BCUT2D eigenvalue weighted by Crippen LogP contribution is -2.38. The zero-order valence-corrected chi connectivity index (χ0v) is 13.5. The third-order valence-electron chi connectivity index (χ3n) is 3.39. The van der Waals surface area contributed by atoms with Crippen molar-refractivity contribution in [2.45, 2.75) is 52.0 Å². The molecule has 0 spiro atoms. The number of carbonyl (C=O) groups excluding carboxylic acids is 1. The normalized spacial score (nSPS) is 12.8. The van der Waals surface area contributed by atoms with E-state index < -0.39 is 0 Å². The minimum Gasteiger partial charge on any atom is -0.483 e. The zero-order valence-electron chi connectivity index (χ0n) is 13.5. The molecule has 118 valence electrons. The minimum absolute atomic E-state index is 0.00367. The van der Waals surface area contributed by atoms with Crippen molar-refractivity contribution >= 4 is 5.91 Å². The number of hydrogen-bond donors (Lipinski definition) is 2. The van der Waals surface area contributed by atoms with Crippen LogP contribution in [-0.4, -0.2) is 30.3 Å². The second kappa shape index (κ2) is 8.03. The first kappa shape index (κ1) is 17.5. The number of benzene rings is 1. The Kier molecular flexibility index (Phi) is 6.69. The van der Waals surface area contributed by atoms with Crippen molar-refractivity contribution in [2.24, 2.45) is 0 Å². The highest BCUT2D eigenvalue weighted by Crippen LogP contribution is 2.30. The highest BCUT2D eigenvalue weighted by molar-refractivity contribution is 5.77. The van der Waals surface area contributed by atoms with E-state index in [4.69, 9.17) is 9.84 Å². The van der Waals surface area contributed by atoms with Gasteiger partial charge in [0.15, 0.2) is 6.61 Å². The first-order valence-corrected chi connectivity index (χ1v) is 7.51. The van der Waals surface area contributed by atoms with Gasteiger partial charge in [-0.15, -0.1) is 0 Å². The van der Waals surface area contributed by atoms with Crippen molar-refractivity contribution in [3.8, 4) is 5.75 Å². The van der Waals surface area contributed by atoms with E-state index in [2.05, 4.69) is 26.1 Å². The number of hydrogen-bond acceptors (Lipinski definition) is 3. The van der Waals surface area contributed by atoms with Gasteiger partial charge >= 0.3 is 0 Å². The lowest BCUT2D eigenvalue weighted by Gasteiger charge is -2.23. The molecule has 0 fully saturated rings. The molecule has 0 aliphatic carbocycles. The fourth-order valence-corrected chi connectivity index (χ4v) is 2.16. The SMILES string of the molecule is CCC(CCO)NC(=O)COc1ccccc1C(C)(C)C. The maximum atomic E-state index is 11.9. The summed E-state index contributed by atoms with van der Waals surface area (Å²) in [5.41, 5.74) is 1.05. The monoisotopic (exact) mass is 293 g/mol. The van der Waals surface area contributed by atoms with Crippen LogP contribution >= 0.6 is 0 Å².